The average molecular weight is 217 g/mol. The predicted octanol–water partition coefficient (Wildman–Crippen LogP) is 1.20. The molecule has 0 rings (SSSR count). The summed E-state index contributed by atoms with van der Waals surface area (Å²) in [5.74, 6) is -0.248. The van der Waals surface area contributed by atoms with E-state index in [1.807, 2.05) is 27.7 Å². The summed E-state index contributed by atoms with van der Waals surface area (Å²) in [5, 5.41) is 3.23. The molecule has 2 unspecified atom stereocenters. The van der Waals surface area contributed by atoms with Crippen molar-refractivity contribution in [3.63, 3.8) is 0 Å². The second-order valence-corrected chi connectivity index (χ2v) is 3.62. The summed E-state index contributed by atoms with van der Waals surface area (Å²) in [6.45, 7) is 10.1. The topological polar surface area (TPSA) is 47.6 Å². The minimum atomic E-state index is -0.145. The molecule has 0 fully saturated rings. The van der Waals surface area contributed by atoms with Crippen molar-refractivity contribution < 1.29 is 14.3 Å². The molecule has 0 aliphatic carbocycles. The summed E-state index contributed by atoms with van der Waals surface area (Å²) < 4.78 is 10.2. The SMILES string of the molecule is CCOCC(C)NCC(C)C(=O)OCC. The van der Waals surface area contributed by atoms with Crippen molar-refractivity contribution in [2.75, 3.05) is 26.4 Å². The van der Waals surface area contributed by atoms with Crippen LogP contribution < -0.4 is 5.32 Å². The van der Waals surface area contributed by atoms with E-state index in [1.54, 1.807) is 0 Å². The second-order valence-electron chi connectivity index (χ2n) is 3.62. The van der Waals surface area contributed by atoms with Crippen LogP contribution in [-0.4, -0.2) is 38.4 Å². The maximum Gasteiger partial charge on any atom is 0.309 e. The maximum atomic E-state index is 11.3. The second kappa shape index (κ2) is 8.68. The largest absolute Gasteiger partial charge is 0.466 e. The summed E-state index contributed by atoms with van der Waals surface area (Å²) in [6, 6.07) is 0.266. The lowest BCUT2D eigenvalue weighted by atomic mass is 10.2. The molecule has 4 nitrogen and oxygen atoms in total. The van der Waals surface area contributed by atoms with Crippen molar-refractivity contribution >= 4 is 5.97 Å². The van der Waals surface area contributed by atoms with Crippen molar-refractivity contribution in [2.45, 2.75) is 33.7 Å². The minimum Gasteiger partial charge on any atom is -0.466 e. The third-order valence-corrected chi connectivity index (χ3v) is 2.03. The molecule has 0 aliphatic rings. The average Bonchev–Trinajstić information content (AvgIpc) is 2.23. The van der Waals surface area contributed by atoms with Crippen LogP contribution in [0.2, 0.25) is 0 Å². The van der Waals surface area contributed by atoms with Gasteiger partial charge in [-0.1, -0.05) is 6.92 Å². The highest BCUT2D eigenvalue weighted by Crippen LogP contribution is 1.97. The van der Waals surface area contributed by atoms with Gasteiger partial charge in [0.1, 0.15) is 0 Å². The number of nitrogens with one attached hydrogen (secondary N) is 1. The van der Waals surface area contributed by atoms with Crippen LogP contribution in [-0.2, 0) is 14.3 Å². The molecule has 0 spiro atoms. The summed E-state index contributed by atoms with van der Waals surface area (Å²) in [7, 11) is 0. The number of carbonyl (C=O) groups is 1. The summed E-state index contributed by atoms with van der Waals surface area (Å²) in [4.78, 5) is 11.3. The summed E-state index contributed by atoms with van der Waals surface area (Å²) in [6.07, 6.45) is 0. The van der Waals surface area contributed by atoms with Crippen molar-refractivity contribution in [1.29, 1.82) is 0 Å². The van der Waals surface area contributed by atoms with Gasteiger partial charge < -0.3 is 14.8 Å². The first kappa shape index (κ1) is 14.4. The van der Waals surface area contributed by atoms with E-state index in [0.717, 1.165) is 6.61 Å². The van der Waals surface area contributed by atoms with E-state index in [-0.39, 0.29) is 17.9 Å². The Kier molecular flexibility index (Phi) is 8.33. The fraction of sp³-hybridized carbons (Fsp3) is 0.909. The van der Waals surface area contributed by atoms with Gasteiger partial charge in [0, 0.05) is 19.2 Å². The molecule has 0 aromatic heterocycles. The van der Waals surface area contributed by atoms with E-state index in [2.05, 4.69) is 5.32 Å². The van der Waals surface area contributed by atoms with Gasteiger partial charge in [-0.2, -0.15) is 0 Å². The van der Waals surface area contributed by atoms with E-state index in [0.29, 0.717) is 19.8 Å². The van der Waals surface area contributed by atoms with Gasteiger partial charge in [-0.05, 0) is 20.8 Å². The van der Waals surface area contributed by atoms with Crippen molar-refractivity contribution in [2.24, 2.45) is 5.92 Å². The van der Waals surface area contributed by atoms with Crippen molar-refractivity contribution in [3.05, 3.63) is 0 Å². The predicted molar refractivity (Wildman–Crippen MR) is 59.8 cm³/mol. The lowest BCUT2D eigenvalue weighted by molar-refractivity contribution is -0.147. The zero-order valence-corrected chi connectivity index (χ0v) is 10.2. The molecule has 0 amide bonds. The normalized spacial score (nSPS) is 14.7. The highest BCUT2D eigenvalue weighted by molar-refractivity contribution is 5.72. The first-order valence-electron chi connectivity index (χ1n) is 5.59. The van der Waals surface area contributed by atoms with Crippen LogP contribution in [0.5, 0.6) is 0 Å². The smallest absolute Gasteiger partial charge is 0.309 e. The molecule has 0 bridgehead atoms. The van der Waals surface area contributed by atoms with Crippen LogP contribution in [0.25, 0.3) is 0 Å². The molecule has 0 aromatic rings. The Labute approximate surface area is 92.3 Å². The van der Waals surface area contributed by atoms with Crippen LogP contribution in [0.3, 0.4) is 0 Å². The number of ether oxygens (including phenoxy) is 2. The van der Waals surface area contributed by atoms with E-state index in [4.69, 9.17) is 9.47 Å². The molecule has 2 atom stereocenters. The molecule has 0 saturated carbocycles. The molecule has 15 heavy (non-hydrogen) atoms. The highest BCUT2D eigenvalue weighted by Gasteiger charge is 2.14. The molecule has 1 N–H and O–H groups in total. The summed E-state index contributed by atoms with van der Waals surface area (Å²) in [5.41, 5.74) is 0. The standard InChI is InChI=1S/C11H23NO3/c1-5-14-8-10(4)12-7-9(3)11(13)15-6-2/h9-10,12H,5-8H2,1-4H3. The van der Waals surface area contributed by atoms with E-state index >= 15 is 0 Å². The fourth-order valence-electron chi connectivity index (χ4n) is 1.10. The molecule has 0 aromatic carbocycles. The zero-order chi connectivity index (χ0) is 11.7. The number of hydrogen-bond acceptors (Lipinski definition) is 4. The van der Waals surface area contributed by atoms with Gasteiger partial charge in [0.25, 0.3) is 0 Å². The number of rotatable bonds is 8. The quantitative estimate of drug-likeness (QED) is 0.621. The van der Waals surface area contributed by atoms with Gasteiger partial charge in [-0.3, -0.25) is 4.79 Å². The lowest BCUT2D eigenvalue weighted by Gasteiger charge is -2.16. The van der Waals surface area contributed by atoms with Gasteiger partial charge in [-0.25, -0.2) is 0 Å². The Hall–Kier alpha value is -0.610. The van der Waals surface area contributed by atoms with Gasteiger partial charge >= 0.3 is 5.97 Å². The van der Waals surface area contributed by atoms with Gasteiger partial charge in [-0.15, -0.1) is 0 Å². The van der Waals surface area contributed by atoms with Crippen LogP contribution in [0.1, 0.15) is 27.7 Å². The monoisotopic (exact) mass is 217 g/mol. The Balaban J connectivity index is 3.60. The Bertz CT molecular complexity index is 173. The van der Waals surface area contributed by atoms with E-state index < -0.39 is 0 Å². The van der Waals surface area contributed by atoms with Crippen LogP contribution in [0.15, 0.2) is 0 Å². The molecule has 90 valence electrons. The molecular formula is C11H23NO3. The van der Waals surface area contributed by atoms with Crippen LogP contribution >= 0.6 is 0 Å². The first-order valence-corrected chi connectivity index (χ1v) is 5.59. The zero-order valence-electron chi connectivity index (χ0n) is 10.2. The number of esters is 1. The third-order valence-electron chi connectivity index (χ3n) is 2.03. The molecule has 0 aliphatic heterocycles. The third kappa shape index (κ3) is 7.33. The van der Waals surface area contributed by atoms with Gasteiger partial charge in [0.15, 0.2) is 0 Å². The van der Waals surface area contributed by atoms with Crippen molar-refractivity contribution in [1.82, 2.24) is 5.32 Å². The van der Waals surface area contributed by atoms with Crippen molar-refractivity contribution in [3.8, 4) is 0 Å². The van der Waals surface area contributed by atoms with Gasteiger partial charge in [0.05, 0.1) is 19.1 Å². The number of carbonyl (C=O) groups excluding carboxylic acids is 1. The molecule has 4 heteroatoms. The molecular weight excluding hydrogens is 194 g/mol. The lowest BCUT2D eigenvalue weighted by Crippen LogP contribution is -2.36. The fourth-order valence-corrected chi connectivity index (χ4v) is 1.10. The van der Waals surface area contributed by atoms with E-state index in [1.165, 1.54) is 0 Å². The Morgan fingerprint density at radius 1 is 1.27 bits per heavy atom. The summed E-state index contributed by atoms with van der Waals surface area (Å²) >= 11 is 0. The molecule has 0 radical (unpaired) electrons. The van der Waals surface area contributed by atoms with Crippen LogP contribution in [0.4, 0.5) is 0 Å². The molecule has 0 saturated heterocycles. The Morgan fingerprint density at radius 2 is 1.93 bits per heavy atom. The van der Waals surface area contributed by atoms with Crippen LogP contribution in [0, 0.1) is 5.92 Å². The van der Waals surface area contributed by atoms with E-state index in [9.17, 15) is 4.79 Å². The minimum absolute atomic E-state index is 0.103. The van der Waals surface area contributed by atoms with Gasteiger partial charge in [0.2, 0.25) is 0 Å². The maximum absolute atomic E-state index is 11.3. The molecule has 0 heterocycles. The Morgan fingerprint density at radius 3 is 2.47 bits per heavy atom. The first-order chi connectivity index (χ1) is 7.11. The number of hydrogen-bond donors (Lipinski definition) is 1. The highest BCUT2D eigenvalue weighted by atomic mass is 16.5.